The van der Waals surface area contributed by atoms with Gasteiger partial charge in [-0.1, -0.05) is 60.7 Å². The van der Waals surface area contributed by atoms with Crippen molar-refractivity contribution in [3.05, 3.63) is 71.8 Å². The number of hydrogen-bond acceptors (Lipinski definition) is 5. The Bertz CT molecular complexity index is 750. The van der Waals surface area contributed by atoms with Crippen LogP contribution in [0.5, 0.6) is 0 Å². The predicted octanol–water partition coefficient (Wildman–Crippen LogP) is 0.532. The van der Waals surface area contributed by atoms with Crippen molar-refractivity contribution < 1.29 is 19.1 Å². The maximum Gasteiger partial charge on any atom is 0.329 e. The largest absolute Gasteiger partial charge is 0.459 e. The van der Waals surface area contributed by atoms with Crippen LogP contribution in [0.15, 0.2) is 60.7 Å². The summed E-state index contributed by atoms with van der Waals surface area (Å²) < 4.78 is 5.35. The summed E-state index contributed by atoms with van der Waals surface area (Å²) in [6.45, 7) is -0.349. The van der Waals surface area contributed by atoms with E-state index in [1.54, 1.807) is 0 Å². The van der Waals surface area contributed by atoms with Crippen LogP contribution in [0.25, 0.3) is 0 Å². The molecule has 0 spiro atoms. The van der Waals surface area contributed by atoms with Crippen LogP contribution in [0.3, 0.4) is 0 Å². The van der Waals surface area contributed by atoms with Gasteiger partial charge in [0.25, 0.3) is 0 Å². The molecule has 0 aliphatic rings. The van der Waals surface area contributed by atoms with E-state index in [9.17, 15) is 14.4 Å². The van der Waals surface area contributed by atoms with Crippen molar-refractivity contribution in [3.8, 4) is 0 Å². The van der Waals surface area contributed by atoms with E-state index in [1.165, 1.54) is 0 Å². The zero-order valence-electron chi connectivity index (χ0n) is 14.9. The molecule has 142 valence electrons. The molecule has 4 N–H and O–H groups in total. The summed E-state index contributed by atoms with van der Waals surface area (Å²) in [4.78, 5) is 35.8. The number of nitrogens with one attached hydrogen (secondary N) is 2. The van der Waals surface area contributed by atoms with Crippen LogP contribution in [-0.4, -0.2) is 36.9 Å². The summed E-state index contributed by atoms with van der Waals surface area (Å²) in [5, 5.41) is 4.98. The Morgan fingerprint density at radius 3 is 2.07 bits per heavy atom. The number of nitrogens with two attached hydrogens (primary N) is 1. The van der Waals surface area contributed by atoms with Crippen LogP contribution in [0.2, 0.25) is 0 Å². The molecule has 0 aliphatic heterocycles. The van der Waals surface area contributed by atoms with Gasteiger partial charge in [0.1, 0.15) is 12.6 Å². The Kier molecular flexibility index (Phi) is 7.99. The molecule has 0 heterocycles. The average Bonchev–Trinajstić information content (AvgIpc) is 2.71. The minimum atomic E-state index is -0.863. The van der Waals surface area contributed by atoms with Crippen LogP contribution in [0.1, 0.15) is 11.1 Å². The van der Waals surface area contributed by atoms with Crippen molar-refractivity contribution in [2.24, 2.45) is 5.73 Å². The van der Waals surface area contributed by atoms with Crippen molar-refractivity contribution in [1.82, 2.24) is 10.6 Å². The topological polar surface area (TPSA) is 111 Å². The first-order valence-electron chi connectivity index (χ1n) is 8.59. The van der Waals surface area contributed by atoms with Gasteiger partial charge in [0.05, 0.1) is 13.1 Å². The number of carbonyl (C=O) groups excluding carboxylic acids is 3. The van der Waals surface area contributed by atoms with Crippen molar-refractivity contribution in [2.45, 2.75) is 19.1 Å². The predicted molar refractivity (Wildman–Crippen MR) is 100 cm³/mol. The van der Waals surface area contributed by atoms with Gasteiger partial charge in [0, 0.05) is 6.42 Å². The summed E-state index contributed by atoms with van der Waals surface area (Å²) in [7, 11) is 0. The van der Waals surface area contributed by atoms with Gasteiger partial charge in [0.2, 0.25) is 11.8 Å². The van der Waals surface area contributed by atoms with Crippen molar-refractivity contribution >= 4 is 17.8 Å². The number of esters is 1. The van der Waals surface area contributed by atoms with Gasteiger partial charge in [0.15, 0.2) is 0 Å². The van der Waals surface area contributed by atoms with Crippen molar-refractivity contribution in [3.63, 3.8) is 0 Å². The van der Waals surface area contributed by atoms with Gasteiger partial charge < -0.3 is 21.1 Å². The van der Waals surface area contributed by atoms with Crippen molar-refractivity contribution in [2.75, 3.05) is 13.1 Å². The maximum atomic E-state index is 12.5. The molecule has 0 fully saturated rings. The molecule has 0 bridgehead atoms. The SMILES string of the molecule is NCC(=O)NCC(=O)N[C@@H](Cc1ccccc1)C(=O)OCc1ccccc1. The fourth-order valence-electron chi connectivity index (χ4n) is 2.37. The highest BCUT2D eigenvalue weighted by atomic mass is 16.5. The zero-order valence-corrected chi connectivity index (χ0v) is 14.9. The van der Waals surface area contributed by atoms with Crippen LogP contribution in [-0.2, 0) is 32.1 Å². The standard InChI is InChI=1S/C20H23N3O4/c21-12-18(24)22-13-19(25)23-17(11-15-7-3-1-4-8-15)20(26)27-14-16-9-5-2-6-10-16/h1-10,17H,11-14,21H2,(H,22,24)(H,23,25)/t17-/m0/s1. The lowest BCUT2D eigenvalue weighted by Crippen LogP contribution is -2.47. The number of benzene rings is 2. The molecular weight excluding hydrogens is 346 g/mol. The van der Waals surface area contributed by atoms with E-state index >= 15 is 0 Å². The molecule has 0 aromatic heterocycles. The van der Waals surface area contributed by atoms with Crippen LogP contribution in [0, 0.1) is 0 Å². The van der Waals surface area contributed by atoms with Gasteiger partial charge in [-0.15, -0.1) is 0 Å². The van der Waals surface area contributed by atoms with Gasteiger partial charge in [-0.25, -0.2) is 4.79 Å². The second kappa shape index (κ2) is 10.7. The third-order valence-electron chi connectivity index (χ3n) is 3.76. The van der Waals surface area contributed by atoms with Crippen LogP contribution < -0.4 is 16.4 Å². The fourth-order valence-corrected chi connectivity index (χ4v) is 2.37. The third kappa shape index (κ3) is 7.29. The number of rotatable bonds is 9. The zero-order chi connectivity index (χ0) is 19.5. The van der Waals surface area contributed by atoms with Gasteiger partial charge in [-0.3, -0.25) is 9.59 Å². The van der Waals surface area contributed by atoms with Gasteiger partial charge >= 0.3 is 5.97 Å². The number of amides is 2. The second-order valence-electron chi connectivity index (χ2n) is 5.88. The molecule has 27 heavy (non-hydrogen) atoms. The normalized spacial score (nSPS) is 11.3. The molecule has 7 heteroatoms. The quantitative estimate of drug-likeness (QED) is 0.559. The average molecular weight is 369 g/mol. The Balaban J connectivity index is 1.98. The molecule has 0 unspecified atom stereocenters. The van der Waals surface area contributed by atoms with E-state index in [0.717, 1.165) is 11.1 Å². The molecule has 1 atom stereocenters. The lowest BCUT2D eigenvalue weighted by Gasteiger charge is -2.18. The summed E-state index contributed by atoms with van der Waals surface area (Å²) in [5.74, 6) is -1.48. The van der Waals surface area contributed by atoms with E-state index in [4.69, 9.17) is 10.5 Å². The molecule has 2 aromatic rings. The molecule has 0 aliphatic carbocycles. The molecule has 2 amide bonds. The highest BCUT2D eigenvalue weighted by Crippen LogP contribution is 2.07. The highest BCUT2D eigenvalue weighted by molar-refractivity contribution is 5.88. The molecule has 0 saturated heterocycles. The van der Waals surface area contributed by atoms with E-state index < -0.39 is 23.8 Å². The molecule has 7 nitrogen and oxygen atoms in total. The molecule has 0 radical (unpaired) electrons. The third-order valence-corrected chi connectivity index (χ3v) is 3.76. The number of ether oxygens (including phenoxy) is 1. The van der Waals surface area contributed by atoms with E-state index in [1.807, 2.05) is 60.7 Å². The summed E-state index contributed by atoms with van der Waals surface area (Å²) in [5.41, 5.74) is 6.92. The van der Waals surface area contributed by atoms with Gasteiger partial charge in [-0.05, 0) is 11.1 Å². The van der Waals surface area contributed by atoms with E-state index in [0.29, 0.717) is 0 Å². The lowest BCUT2D eigenvalue weighted by molar-refractivity contribution is -0.149. The number of hydrogen-bond donors (Lipinski definition) is 3. The Labute approximate surface area is 157 Å². The van der Waals surface area contributed by atoms with E-state index in [-0.39, 0.29) is 26.1 Å². The molecule has 2 rings (SSSR count). The van der Waals surface area contributed by atoms with Crippen LogP contribution in [0.4, 0.5) is 0 Å². The Morgan fingerprint density at radius 2 is 1.48 bits per heavy atom. The molecular formula is C20H23N3O4. The molecule has 2 aromatic carbocycles. The first kappa shape index (κ1) is 20.1. The fraction of sp³-hybridized carbons (Fsp3) is 0.250. The molecule has 0 saturated carbocycles. The maximum absolute atomic E-state index is 12.5. The minimum Gasteiger partial charge on any atom is -0.459 e. The Hall–Kier alpha value is -3.19. The summed E-state index contributed by atoms with van der Waals surface area (Å²) in [6.07, 6.45) is 0.283. The van der Waals surface area contributed by atoms with Crippen LogP contribution >= 0.6 is 0 Å². The first-order chi connectivity index (χ1) is 13.1. The van der Waals surface area contributed by atoms with E-state index in [2.05, 4.69) is 10.6 Å². The highest BCUT2D eigenvalue weighted by Gasteiger charge is 2.23. The number of carbonyl (C=O) groups is 3. The smallest absolute Gasteiger partial charge is 0.329 e. The Morgan fingerprint density at radius 1 is 0.889 bits per heavy atom. The first-order valence-corrected chi connectivity index (χ1v) is 8.59. The summed E-state index contributed by atoms with van der Waals surface area (Å²) in [6, 6.07) is 17.7. The van der Waals surface area contributed by atoms with Crippen molar-refractivity contribution in [1.29, 1.82) is 0 Å². The lowest BCUT2D eigenvalue weighted by atomic mass is 10.1. The minimum absolute atomic E-state index is 0.116. The van der Waals surface area contributed by atoms with Gasteiger partial charge in [-0.2, -0.15) is 0 Å². The second-order valence-corrected chi connectivity index (χ2v) is 5.88. The summed E-state index contributed by atoms with van der Waals surface area (Å²) >= 11 is 0. The monoisotopic (exact) mass is 369 g/mol.